The number of rotatable bonds is 4. The number of carbonyl (C=O) groups is 2. The molecule has 1 saturated heterocycles. The first-order chi connectivity index (χ1) is 13.0. The molecule has 2 aromatic rings. The Kier molecular flexibility index (Phi) is 4.68. The molecule has 2 atom stereocenters. The first-order valence-corrected chi connectivity index (χ1v) is 9.46. The van der Waals surface area contributed by atoms with E-state index in [1.807, 2.05) is 23.1 Å². The van der Waals surface area contributed by atoms with Crippen molar-refractivity contribution in [1.29, 1.82) is 0 Å². The van der Waals surface area contributed by atoms with Crippen LogP contribution >= 0.6 is 0 Å². The maximum atomic E-state index is 13.1. The second-order valence-corrected chi connectivity index (χ2v) is 7.51. The van der Waals surface area contributed by atoms with Gasteiger partial charge in [-0.05, 0) is 49.1 Å². The van der Waals surface area contributed by atoms with Crippen molar-refractivity contribution in [2.45, 2.75) is 32.2 Å². The van der Waals surface area contributed by atoms with Gasteiger partial charge in [-0.15, -0.1) is 0 Å². The fourth-order valence-electron chi connectivity index (χ4n) is 4.17. The summed E-state index contributed by atoms with van der Waals surface area (Å²) in [4.78, 5) is 29.2. The highest BCUT2D eigenvalue weighted by Gasteiger charge is 2.40. The number of fused-ring (bicyclic) bond motifs is 1. The van der Waals surface area contributed by atoms with Crippen LogP contribution in [-0.4, -0.2) is 35.8 Å². The van der Waals surface area contributed by atoms with E-state index in [-0.39, 0.29) is 36.0 Å². The van der Waals surface area contributed by atoms with Gasteiger partial charge in [-0.3, -0.25) is 9.59 Å². The molecule has 4 nitrogen and oxygen atoms in total. The molecule has 0 radical (unpaired) electrons. The molecule has 0 aromatic heterocycles. The maximum absolute atomic E-state index is 13.1. The van der Waals surface area contributed by atoms with Gasteiger partial charge in [0.25, 0.3) is 0 Å². The fourth-order valence-corrected chi connectivity index (χ4v) is 4.17. The van der Waals surface area contributed by atoms with Crippen LogP contribution in [0, 0.1) is 11.7 Å². The lowest BCUT2D eigenvalue weighted by molar-refractivity contribution is -0.128. The normalized spacial score (nSPS) is 21.6. The summed E-state index contributed by atoms with van der Waals surface area (Å²) in [6, 6.07) is 14.5. The number of halogens is 1. The van der Waals surface area contributed by atoms with Gasteiger partial charge in [0.15, 0.2) is 0 Å². The van der Waals surface area contributed by atoms with Crippen LogP contribution in [0.5, 0.6) is 0 Å². The maximum Gasteiger partial charge on any atom is 0.232 e. The van der Waals surface area contributed by atoms with Crippen molar-refractivity contribution < 1.29 is 14.0 Å². The average molecular weight is 366 g/mol. The molecule has 5 heteroatoms. The van der Waals surface area contributed by atoms with Crippen molar-refractivity contribution in [2.24, 2.45) is 5.92 Å². The Morgan fingerprint density at radius 1 is 1.11 bits per heavy atom. The average Bonchev–Trinajstić information content (AvgIpc) is 3.20. The second kappa shape index (κ2) is 7.14. The summed E-state index contributed by atoms with van der Waals surface area (Å²) in [7, 11) is 0. The standard InChI is InChI=1S/C22H23FN2O2/c1-15-12-17-4-2-3-5-20(17)25(15)22(27)18-13-21(26)24(14-18)11-10-16-6-8-19(23)9-7-16/h2-9,15,18H,10-14H2,1H3. The zero-order valence-electron chi connectivity index (χ0n) is 15.4. The monoisotopic (exact) mass is 366 g/mol. The molecule has 0 N–H and O–H groups in total. The van der Waals surface area contributed by atoms with Crippen LogP contribution in [0.1, 0.15) is 24.5 Å². The van der Waals surface area contributed by atoms with E-state index in [9.17, 15) is 14.0 Å². The van der Waals surface area contributed by atoms with Gasteiger partial charge in [-0.2, -0.15) is 0 Å². The van der Waals surface area contributed by atoms with Crippen LogP contribution in [0.25, 0.3) is 0 Å². The van der Waals surface area contributed by atoms with Gasteiger partial charge in [-0.1, -0.05) is 30.3 Å². The van der Waals surface area contributed by atoms with Gasteiger partial charge in [0.2, 0.25) is 11.8 Å². The molecule has 2 unspecified atom stereocenters. The Morgan fingerprint density at radius 3 is 2.63 bits per heavy atom. The Labute approximate surface area is 158 Å². The third-order valence-corrected chi connectivity index (χ3v) is 5.59. The number of nitrogens with zero attached hydrogens (tertiary/aromatic N) is 2. The van der Waals surface area contributed by atoms with E-state index in [4.69, 9.17) is 0 Å². The molecule has 2 aromatic carbocycles. The van der Waals surface area contributed by atoms with E-state index < -0.39 is 0 Å². The van der Waals surface area contributed by atoms with Gasteiger partial charge in [0, 0.05) is 31.2 Å². The summed E-state index contributed by atoms with van der Waals surface area (Å²) in [6.07, 6.45) is 1.79. The molecule has 2 amide bonds. The molecule has 2 aliphatic rings. The summed E-state index contributed by atoms with van der Waals surface area (Å²) in [6.45, 7) is 3.08. The number of amides is 2. The van der Waals surface area contributed by atoms with Crippen LogP contribution in [0.4, 0.5) is 10.1 Å². The van der Waals surface area contributed by atoms with Gasteiger partial charge in [0.05, 0.1) is 5.92 Å². The van der Waals surface area contributed by atoms with Crippen molar-refractivity contribution in [1.82, 2.24) is 4.90 Å². The first-order valence-electron chi connectivity index (χ1n) is 9.46. The summed E-state index contributed by atoms with van der Waals surface area (Å²) in [5, 5.41) is 0. The molecular weight excluding hydrogens is 343 g/mol. The highest BCUT2D eigenvalue weighted by Crippen LogP contribution is 2.34. The molecule has 0 spiro atoms. The molecular formula is C22H23FN2O2. The van der Waals surface area contributed by atoms with Crippen molar-refractivity contribution in [3.8, 4) is 0 Å². The lowest BCUT2D eigenvalue weighted by Crippen LogP contribution is -2.41. The minimum atomic E-state index is -0.292. The number of hydrogen-bond donors (Lipinski definition) is 0. The summed E-state index contributed by atoms with van der Waals surface area (Å²) >= 11 is 0. The highest BCUT2D eigenvalue weighted by molar-refractivity contribution is 6.01. The van der Waals surface area contributed by atoms with Crippen molar-refractivity contribution in [3.63, 3.8) is 0 Å². The van der Waals surface area contributed by atoms with E-state index in [0.717, 1.165) is 17.7 Å². The van der Waals surface area contributed by atoms with Crippen LogP contribution in [-0.2, 0) is 22.4 Å². The second-order valence-electron chi connectivity index (χ2n) is 7.51. The third-order valence-electron chi connectivity index (χ3n) is 5.59. The predicted octanol–water partition coefficient (Wildman–Crippen LogP) is 3.19. The van der Waals surface area contributed by atoms with Crippen LogP contribution < -0.4 is 4.90 Å². The zero-order chi connectivity index (χ0) is 19.0. The zero-order valence-corrected chi connectivity index (χ0v) is 15.4. The Balaban J connectivity index is 1.41. The molecule has 0 saturated carbocycles. The number of para-hydroxylation sites is 1. The summed E-state index contributed by atoms with van der Waals surface area (Å²) in [5.74, 6) is -0.485. The largest absolute Gasteiger partial charge is 0.342 e. The third kappa shape index (κ3) is 3.46. The SMILES string of the molecule is CC1Cc2ccccc2N1C(=O)C1CC(=O)N(CCc2ccc(F)cc2)C1. The molecule has 27 heavy (non-hydrogen) atoms. The van der Waals surface area contributed by atoms with Crippen molar-refractivity contribution >= 4 is 17.5 Å². The Hall–Kier alpha value is -2.69. The van der Waals surface area contributed by atoms with Gasteiger partial charge in [0.1, 0.15) is 5.82 Å². The number of carbonyl (C=O) groups excluding carboxylic acids is 2. The number of benzene rings is 2. The molecule has 2 heterocycles. The van der Waals surface area contributed by atoms with E-state index in [2.05, 4.69) is 13.0 Å². The fraction of sp³-hybridized carbons (Fsp3) is 0.364. The molecule has 0 aliphatic carbocycles. The van der Waals surface area contributed by atoms with Gasteiger partial charge >= 0.3 is 0 Å². The number of anilines is 1. The van der Waals surface area contributed by atoms with Crippen LogP contribution in [0.15, 0.2) is 48.5 Å². The van der Waals surface area contributed by atoms with E-state index in [0.29, 0.717) is 19.5 Å². The van der Waals surface area contributed by atoms with E-state index in [1.54, 1.807) is 17.0 Å². The van der Waals surface area contributed by atoms with Crippen LogP contribution in [0.2, 0.25) is 0 Å². The quantitative estimate of drug-likeness (QED) is 0.834. The Bertz CT molecular complexity index is 865. The molecule has 1 fully saturated rings. The molecule has 2 aliphatic heterocycles. The van der Waals surface area contributed by atoms with E-state index in [1.165, 1.54) is 17.7 Å². The molecule has 140 valence electrons. The first kappa shape index (κ1) is 17.7. The molecule has 4 rings (SSSR count). The van der Waals surface area contributed by atoms with Gasteiger partial charge < -0.3 is 9.80 Å². The number of likely N-dealkylation sites (tertiary alicyclic amines) is 1. The Morgan fingerprint density at radius 2 is 1.85 bits per heavy atom. The topological polar surface area (TPSA) is 40.6 Å². The smallest absolute Gasteiger partial charge is 0.232 e. The van der Waals surface area contributed by atoms with Crippen molar-refractivity contribution in [2.75, 3.05) is 18.0 Å². The van der Waals surface area contributed by atoms with E-state index >= 15 is 0 Å². The molecule has 0 bridgehead atoms. The minimum absolute atomic E-state index is 0.0237. The lowest BCUT2D eigenvalue weighted by atomic mass is 10.1. The van der Waals surface area contributed by atoms with Crippen LogP contribution in [0.3, 0.4) is 0 Å². The minimum Gasteiger partial charge on any atom is -0.342 e. The lowest BCUT2D eigenvalue weighted by Gasteiger charge is -2.26. The predicted molar refractivity (Wildman–Crippen MR) is 102 cm³/mol. The highest BCUT2D eigenvalue weighted by atomic mass is 19.1. The summed E-state index contributed by atoms with van der Waals surface area (Å²) < 4.78 is 13.0. The van der Waals surface area contributed by atoms with Gasteiger partial charge in [-0.25, -0.2) is 4.39 Å². The summed E-state index contributed by atoms with van der Waals surface area (Å²) in [5.41, 5.74) is 3.16. The number of hydrogen-bond acceptors (Lipinski definition) is 2. The van der Waals surface area contributed by atoms with Crippen molar-refractivity contribution in [3.05, 3.63) is 65.5 Å².